The van der Waals surface area contributed by atoms with Crippen LogP contribution in [0, 0.1) is 0 Å². The zero-order chi connectivity index (χ0) is 13.8. The average molecular weight is 264 g/mol. The number of ether oxygens (including phenoxy) is 1. The number of hydrogen-bond acceptors (Lipinski definition) is 4. The first-order valence-corrected chi connectivity index (χ1v) is 6.50. The standard InChI is InChI=1S/C14H20N2O3/c1-9(15-8-11-4-6-14(18)16-11)10-3-5-12(17)13(7-10)19-2/h3,5,7,9,11,15,17H,4,6,8H2,1-2H3,(H,16,18). The Morgan fingerprint density at radius 2 is 2.37 bits per heavy atom. The van der Waals surface area contributed by atoms with Gasteiger partial charge in [-0.1, -0.05) is 6.07 Å². The van der Waals surface area contributed by atoms with E-state index in [1.165, 1.54) is 7.11 Å². The van der Waals surface area contributed by atoms with Crippen LogP contribution in [0.3, 0.4) is 0 Å². The number of carbonyl (C=O) groups is 1. The van der Waals surface area contributed by atoms with E-state index in [1.54, 1.807) is 6.07 Å². The molecule has 1 aromatic carbocycles. The number of carbonyl (C=O) groups excluding carboxylic acids is 1. The normalized spacial score (nSPS) is 20.1. The van der Waals surface area contributed by atoms with Crippen molar-refractivity contribution < 1.29 is 14.6 Å². The van der Waals surface area contributed by atoms with E-state index in [0.29, 0.717) is 12.2 Å². The highest BCUT2D eigenvalue weighted by atomic mass is 16.5. The summed E-state index contributed by atoms with van der Waals surface area (Å²) in [5, 5.41) is 15.9. The molecule has 1 heterocycles. The highest BCUT2D eigenvalue weighted by Crippen LogP contribution is 2.28. The molecule has 0 spiro atoms. The van der Waals surface area contributed by atoms with Gasteiger partial charge in [0.1, 0.15) is 0 Å². The number of aromatic hydroxyl groups is 1. The van der Waals surface area contributed by atoms with E-state index < -0.39 is 0 Å². The second-order valence-electron chi connectivity index (χ2n) is 4.86. The van der Waals surface area contributed by atoms with Gasteiger partial charge >= 0.3 is 0 Å². The van der Waals surface area contributed by atoms with Crippen LogP contribution in [0.1, 0.15) is 31.4 Å². The molecule has 2 atom stereocenters. The van der Waals surface area contributed by atoms with Crippen LogP contribution in [0.4, 0.5) is 0 Å². The molecule has 0 aliphatic carbocycles. The van der Waals surface area contributed by atoms with Crippen molar-refractivity contribution in [3.05, 3.63) is 23.8 Å². The van der Waals surface area contributed by atoms with E-state index in [1.807, 2.05) is 19.1 Å². The molecular weight excluding hydrogens is 244 g/mol. The van der Waals surface area contributed by atoms with Crippen LogP contribution in [0.5, 0.6) is 11.5 Å². The summed E-state index contributed by atoms with van der Waals surface area (Å²) in [4.78, 5) is 11.1. The molecule has 1 fully saturated rings. The Morgan fingerprint density at radius 1 is 1.58 bits per heavy atom. The largest absolute Gasteiger partial charge is 0.504 e. The summed E-state index contributed by atoms with van der Waals surface area (Å²) in [6.45, 7) is 2.79. The van der Waals surface area contributed by atoms with E-state index in [9.17, 15) is 9.90 Å². The van der Waals surface area contributed by atoms with Crippen molar-refractivity contribution in [3.63, 3.8) is 0 Å². The maximum Gasteiger partial charge on any atom is 0.220 e. The molecule has 1 saturated heterocycles. The molecular formula is C14H20N2O3. The summed E-state index contributed by atoms with van der Waals surface area (Å²) in [6.07, 6.45) is 1.51. The van der Waals surface area contributed by atoms with Crippen molar-refractivity contribution in [2.75, 3.05) is 13.7 Å². The summed E-state index contributed by atoms with van der Waals surface area (Å²) in [5.41, 5.74) is 1.04. The highest BCUT2D eigenvalue weighted by Gasteiger charge is 2.21. The molecule has 0 saturated carbocycles. The number of phenols is 1. The van der Waals surface area contributed by atoms with Crippen LogP contribution in [0.15, 0.2) is 18.2 Å². The summed E-state index contributed by atoms with van der Waals surface area (Å²) in [5.74, 6) is 0.743. The predicted octanol–water partition coefficient (Wildman–Crippen LogP) is 1.33. The molecule has 1 aliphatic heterocycles. The molecule has 3 N–H and O–H groups in total. The van der Waals surface area contributed by atoms with Crippen molar-refractivity contribution in [1.29, 1.82) is 0 Å². The lowest BCUT2D eigenvalue weighted by Crippen LogP contribution is -2.36. The molecule has 1 amide bonds. The van der Waals surface area contributed by atoms with Gasteiger partial charge in [-0.25, -0.2) is 0 Å². The molecule has 19 heavy (non-hydrogen) atoms. The molecule has 1 aromatic rings. The van der Waals surface area contributed by atoms with Crippen molar-refractivity contribution in [3.8, 4) is 11.5 Å². The van der Waals surface area contributed by atoms with Crippen LogP contribution < -0.4 is 15.4 Å². The number of phenolic OH excluding ortho intramolecular Hbond substituents is 1. The van der Waals surface area contributed by atoms with Gasteiger partial charge in [-0.15, -0.1) is 0 Å². The van der Waals surface area contributed by atoms with Crippen molar-refractivity contribution in [1.82, 2.24) is 10.6 Å². The van der Waals surface area contributed by atoms with Gasteiger partial charge in [-0.3, -0.25) is 4.79 Å². The van der Waals surface area contributed by atoms with Crippen LogP contribution in [-0.2, 0) is 4.79 Å². The van der Waals surface area contributed by atoms with Gasteiger partial charge in [0.25, 0.3) is 0 Å². The van der Waals surface area contributed by atoms with Gasteiger partial charge in [0.2, 0.25) is 5.91 Å². The first-order valence-electron chi connectivity index (χ1n) is 6.50. The van der Waals surface area contributed by atoms with Crippen molar-refractivity contribution in [2.24, 2.45) is 0 Å². The smallest absolute Gasteiger partial charge is 0.220 e. The van der Waals surface area contributed by atoms with E-state index in [-0.39, 0.29) is 23.7 Å². The Kier molecular flexibility index (Phi) is 4.27. The molecule has 2 unspecified atom stereocenters. The van der Waals surface area contributed by atoms with Gasteiger partial charge in [-0.05, 0) is 31.0 Å². The molecule has 104 valence electrons. The first-order chi connectivity index (χ1) is 9.10. The molecule has 0 aromatic heterocycles. The zero-order valence-corrected chi connectivity index (χ0v) is 11.3. The SMILES string of the molecule is COc1cc(C(C)NCC2CCC(=O)N2)ccc1O. The third-order valence-electron chi connectivity index (χ3n) is 3.46. The number of benzene rings is 1. The monoisotopic (exact) mass is 264 g/mol. The van der Waals surface area contributed by atoms with Gasteiger partial charge in [-0.2, -0.15) is 0 Å². The highest BCUT2D eigenvalue weighted by molar-refractivity contribution is 5.78. The number of hydrogen-bond donors (Lipinski definition) is 3. The molecule has 5 nitrogen and oxygen atoms in total. The second kappa shape index (κ2) is 5.93. The molecule has 0 radical (unpaired) electrons. The van der Waals surface area contributed by atoms with Gasteiger partial charge in [0.15, 0.2) is 11.5 Å². The van der Waals surface area contributed by atoms with Gasteiger partial charge in [0.05, 0.1) is 7.11 Å². The fraction of sp³-hybridized carbons (Fsp3) is 0.500. The summed E-state index contributed by atoms with van der Waals surface area (Å²) in [6, 6.07) is 5.66. The first kappa shape index (κ1) is 13.7. The third-order valence-corrected chi connectivity index (χ3v) is 3.46. The van der Waals surface area contributed by atoms with Gasteiger partial charge in [0, 0.05) is 25.0 Å². The maximum absolute atomic E-state index is 11.1. The Morgan fingerprint density at radius 3 is 3.00 bits per heavy atom. The summed E-state index contributed by atoms with van der Waals surface area (Å²) < 4.78 is 5.09. The number of nitrogens with one attached hydrogen (secondary N) is 2. The number of amides is 1. The lowest BCUT2D eigenvalue weighted by Gasteiger charge is -2.18. The minimum Gasteiger partial charge on any atom is -0.504 e. The molecule has 0 bridgehead atoms. The quantitative estimate of drug-likeness (QED) is 0.750. The third kappa shape index (κ3) is 3.38. The van der Waals surface area contributed by atoms with E-state index in [0.717, 1.165) is 18.5 Å². The lowest BCUT2D eigenvalue weighted by atomic mass is 10.1. The Hall–Kier alpha value is -1.75. The predicted molar refractivity (Wildman–Crippen MR) is 72.2 cm³/mol. The summed E-state index contributed by atoms with van der Waals surface area (Å²) in [7, 11) is 1.53. The minimum atomic E-state index is 0.130. The Labute approximate surface area is 113 Å². The fourth-order valence-corrected chi connectivity index (χ4v) is 2.23. The maximum atomic E-state index is 11.1. The van der Waals surface area contributed by atoms with Gasteiger partial charge < -0.3 is 20.5 Å². The van der Waals surface area contributed by atoms with E-state index >= 15 is 0 Å². The molecule has 5 heteroatoms. The van der Waals surface area contributed by atoms with Crippen LogP contribution in [0.25, 0.3) is 0 Å². The van der Waals surface area contributed by atoms with Crippen LogP contribution >= 0.6 is 0 Å². The second-order valence-corrected chi connectivity index (χ2v) is 4.86. The van der Waals surface area contributed by atoms with Crippen LogP contribution in [0.2, 0.25) is 0 Å². The van der Waals surface area contributed by atoms with E-state index in [4.69, 9.17) is 4.74 Å². The topological polar surface area (TPSA) is 70.6 Å². The average Bonchev–Trinajstić information content (AvgIpc) is 2.82. The van der Waals surface area contributed by atoms with E-state index in [2.05, 4.69) is 10.6 Å². The number of rotatable bonds is 5. The Balaban J connectivity index is 1.92. The van der Waals surface area contributed by atoms with Crippen molar-refractivity contribution in [2.45, 2.75) is 31.8 Å². The molecule has 1 aliphatic rings. The van der Waals surface area contributed by atoms with Crippen LogP contribution in [-0.4, -0.2) is 30.7 Å². The fourth-order valence-electron chi connectivity index (χ4n) is 2.23. The molecule has 2 rings (SSSR count). The lowest BCUT2D eigenvalue weighted by molar-refractivity contribution is -0.119. The Bertz CT molecular complexity index is 462. The number of methoxy groups -OCH3 is 1. The summed E-state index contributed by atoms with van der Waals surface area (Å²) >= 11 is 0. The minimum absolute atomic E-state index is 0.130. The van der Waals surface area contributed by atoms with Crippen molar-refractivity contribution >= 4 is 5.91 Å². The zero-order valence-electron chi connectivity index (χ0n) is 11.3.